The van der Waals surface area contributed by atoms with Gasteiger partial charge >= 0.3 is 0 Å². The Morgan fingerprint density at radius 3 is 2.61 bits per heavy atom. The van der Waals surface area contributed by atoms with Crippen molar-refractivity contribution in [2.24, 2.45) is 0 Å². The molecular formula is C24H31N3O4. The molecule has 0 spiro atoms. The van der Waals surface area contributed by atoms with E-state index < -0.39 is 0 Å². The highest BCUT2D eigenvalue weighted by atomic mass is 16.5. The van der Waals surface area contributed by atoms with E-state index >= 15 is 0 Å². The number of likely N-dealkylation sites (tertiary alicyclic amines) is 1. The quantitative estimate of drug-likeness (QED) is 0.645. The molecule has 7 heteroatoms. The lowest BCUT2D eigenvalue weighted by Crippen LogP contribution is -2.42. The van der Waals surface area contributed by atoms with E-state index in [2.05, 4.69) is 15.5 Å². The lowest BCUT2D eigenvalue weighted by Gasteiger charge is -2.25. The number of carbonyl (C=O) groups is 2. The third-order valence-electron chi connectivity index (χ3n) is 6.15. The molecule has 0 radical (unpaired) electrons. The predicted octanol–water partition coefficient (Wildman–Crippen LogP) is 3.03. The topological polar surface area (TPSA) is 83.8 Å². The molecule has 1 saturated heterocycles. The molecule has 1 aliphatic heterocycles. The van der Waals surface area contributed by atoms with E-state index in [9.17, 15) is 9.59 Å². The first-order valence-electron chi connectivity index (χ1n) is 11.1. The first kappa shape index (κ1) is 21.4. The van der Waals surface area contributed by atoms with Gasteiger partial charge in [-0.25, -0.2) is 0 Å². The standard InChI is InChI=1S/C24H31N3O4/c1-16-12-21(15-30-20-6-4-3-5-7-20)31-23(16)24(29)25-14-19-11-10-18(27(19)2)13-22(28)26-17-8-9-17/h3-7,12,17-19H,8-11,13-15H2,1-2H3,(H,25,29)(H,26,28)/t18-,19+/m1/s1. The second kappa shape index (κ2) is 9.56. The number of amides is 2. The zero-order valence-electron chi connectivity index (χ0n) is 18.2. The van der Waals surface area contributed by atoms with Crippen molar-refractivity contribution in [3.8, 4) is 5.75 Å². The first-order valence-corrected chi connectivity index (χ1v) is 11.1. The fourth-order valence-electron chi connectivity index (χ4n) is 4.12. The number of rotatable bonds is 9. The van der Waals surface area contributed by atoms with Gasteiger partial charge in [-0.2, -0.15) is 0 Å². The van der Waals surface area contributed by atoms with Gasteiger partial charge in [0.05, 0.1) is 0 Å². The minimum Gasteiger partial charge on any atom is -0.486 e. The zero-order valence-corrected chi connectivity index (χ0v) is 18.2. The summed E-state index contributed by atoms with van der Waals surface area (Å²) in [5.41, 5.74) is 0.790. The molecule has 2 amide bonds. The normalized spacial score (nSPS) is 21.1. The second-order valence-corrected chi connectivity index (χ2v) is 8.63. The van der Waals surface area contributed by atoms with Gasteiger partial charge in [0, 0.05) is 36.7 Å². The van der Waals surface area contributed by atoms with E-state index in [1.54, 1.807) is 0 Å². The van der Waals surface area contributed by atoms with E-state index in [0.29, 0.717) is 30.5 Å². The van der Waals surface area contributed by atoms with Crippen LogP contribution in [0.5, 0.6) is 5.75 Å². The molecular weight excluding hydrogens is 394 g/mol. The van der Waals surface area contributed by atoms with Crippen LogP contribution in [0, 0.1) is 6.92 Å². The lowest BCUT2D eigenvalue weighted by molar-refractivity contribution is -0.122. The number of ether oxygens (including phenoxy) is 1. The van der Waals surface area contributed by atoms with Gasteiger partial charge in [0.1, 0.15) is 18.1 Å². The summed E-state index contributed by atoms with van der Waals surface area (Å²) in [7, 11) is 2.04. The molecule has 1 aliphatic carbocycles. The maximum atomic E-state index is 12.7. The van der Waals surface area contributed by atoms with Crippen LogP contribution in [0.4, 0.5) is 0 Å². The molecule has 1 saturated carbocycles. The van der Waals surface area contributed by atoms with Crippen molar-refractivity contribution in [2.45, 2.75) is 63.8 Å². The number of nitrogens with zero attached hydrogens (tertiary/aromatic N) is 1. The Morgan fingerprint density at radius 2 is 1.87 bits per heavy atom. The molecule has 2 N–H and O–H groups in total. The molecule has 2 fully saturated rings. The van der Waals surface area contributed by atoms with Crippen molar-refractivity contribution < 1.29 is 18.7 Å². The van der Waals surface area contributed by atoms with Crippen LogP contribution >= 0.6 is 0 Å². The maximum Gasteiger partial charge on any atom is 0.287 e. The van der Waals surface area contributed by atoms with Gasteiger partial charge in [-0.15, -0.1) is 0 Å². The molecule has 2 heterocycles. The average molecular weight is 426 g/mol. The molecule has 7 nitrogen and oxygen atoms in total. The summed E-state index contributed by atoms with van der Waals surface area (Å²) in [6, 6.07) is 12.2. The van der Waals surface area contributed by atoms with Gasteiger partial charge in [-0.1, -0.05) is 18.2 Å². The molecule has 2 aromatic rings. The molecule has 166 valence electrons. The number of furan rings is 1. The van der Waals surface area contributed by atoms with E-state index in [-0.39, 0.29) is 30.5 Å². The molecule has 1 aromatic heterocycles. The molecule has 4 rings (SSSR count). The SMILES string of the molecule is Cc1cc(COc2ccccc2)oc1C(=O)NC[C@@H]1CC[C@H](CC(=O)NC2CC2)N1C. The number of para-hydroxylation sites is 1. The van der Waals surface area contributed by atoms with Crippen molar-refractivity contribution in [3.63, 3.8) is 0 Å². The van der Waals surface area contributed by atoms with Crippen LogP contribution in [0.1, 0.15) is 54.0 Å². The third-order valence-corrected chi connectivity index (χ3v) is 6.15. The van der Waals surface area contributed by atoms with Crippen LogP contribution in [0.2, 0.25) is 0 Å². The number of aryl methyl sites for hydroxylation is 1. The summed E-state index contributed by atoms with van der Waals surface area (Å²) in [6.07, 6.45) is 4.67. The number of hydrogen-bond donors (Lipinski definition) is 2. The Kier molecular flexibility index (Phi) is 6.61. The summed E-state index contributed by atoms with van der Waals surface area (Å²) < 4.78 is 11.5. The summed E-state index contributed by atoms with van der Waals surface area (Å²) in [6.45, 7) is 2.67. The van der Waals surface area contributed by atoms with Gasteiger partial charge in [0.15, 0.2) is 5.76 Å². The van der Waals surface area contributed by atoms with E-state index in [1.165, 1.54) is 0 Å². The van der Waals surface area contributed by atoms with E-state index in [4.69, 9.17) is 9.15 Å². The summed E-state index contributed by atoms with van der Waals surface area (Å²) in [4.78, 5) is 27.0. The summed E-state index contributed by atoms with van der Waals surface area (Å²) >= 11 is 0. The Bertz CT molecular complexity index is 907. The Morgan fingerprint density at radius 1 is 1.13 bits per heavy atom. The zero-order chi connectivity index (χ0) is 21.8. The summed E-state index contributed by atoms with van der Waals surface area (Å²) in [5, 5.41) is 6.06. The minimum absolute atomic E-state index is 0.139. The van der Waals surface area contributed by atoms with E-state index in [0.717, 1.165) is 37.0 Å². The minimum atomic E-state index is -0.216. The van der Waals surface area contributed by atoms with Crippen molar-refractivity contribution in [1.29, 1.82) is 0 Å². The van der Waals surface area contributed by atoms with Crippen molar-refractivity contribution >= 4 is 11.8 Å². The van der Waals surface area contributed by atoms with Gasteiger partial charge in [-0.05, 0) is 57.9 Å². The van der Waals surface area contributed by atoms with Crippen LogP contribution in [0.3, 0.4) is 0 Å². The largest absolute Gasteiger partial charge is 0.486 e. The van der Waals surface area contributed by atoms with Gasteiger partial charge in [-0.3, -0.25) is 14.5 Å². The molecule has 0 bridgehead atoms. The smallest absolute Gasteiger partial charge is 0.287 e. The Balaban J connectivity index is 1.24. The van der Waals surface area contributed by atoms with Crippen LogP contribution in [0.25, 0.3) is 0 Å². The number of hydrogen-bond acceptors (Lipinski definition) is 5. The van der Waals surface area contributed by atoms with Crippen molar-refractivity contribution in [3.05, 3.63) is 53.5 Å². The molecule has 31 heavy (non-hydrogen) atoms. The number of carbonyl (C=O) groups excluding carboxylic acids is 2. The lowest BCUT2D eigenvalue weighted by atomic mass is 10.1. The Labute approximate surface area is 183 Å². The number of likely N-dealkylation sites (N-methyl/N-ethyl adjacent to an activating group) is 1. The first-order chi connectivity index (χ1) is 15.0. The molecule has 2 aliphatic rings. The fraction of sp³-hybridized carbons (Fsp3) is 0.500. The third kappa shape index (κ3) is 5.67. The van der Waals surface area contributed by atoms with Gasteiger partial charge in [0.25, 0.3) is 5.91 Å². The fourth-order valence-corrected chi connectivity index (χ4v) is 4.12. The van der Waals surface area contributed by atoms with Crippen LogP contribution in [-0.4, -0.2) is 48.4 Å². The number of nitrogens with one attached hydrogen (secondary N) is 2. The maximum absolute atomic E-state index is 12.7. The average Bonchev–Trinajstić information content (AvgIpc) is 3.40. The van der Waals surface area contributed by atoms with Gasteiger partial charge in [0.2, 0.25) is 5.91 Å². The monoisotopic (exact) mass is 425 g/mol. The van der Waals surface area contributed by atoms with Crippen LogP contribution in [0.15, 0.2) is 40.8 Å². The predicted molar refractivity (Wildman–Crippen MR) is 117 cm³/mol. The highest BCUT2D eigenvalue weighted by Crippen LogP contribution is 2.25. The molecule has 1 aromatic carbocycles. The number of benzene rings is 1. The van der Waals surface area contributed by atoms with E-state index in [1.807, 2.05) is 50.4 Å². The highest BCUT2D eigenvalue weighted by Gasteiger charge is 2.33. The van der Waals surface area contributed by atoms with Crippen molar-refractivity contribution in [2.75, 3.05) is 13.6 Å². The van der Waals surface area contributed by atoms with Gasteiger partial charge < -0.3 is 19.8 Å². The molecule has 0 unspecified atom stereocenters. The summed E-state index contributed by atoms with van der Waals surface area (Å²) in [5.74, 6) is 1.62. The Hall–Kier alpha value is -2.80. The second-order valence-electron chi connectivity index (χ2n) is 8.63. The van der Waals surface area contributed by atoms with Crippen molar-refractivity contribution in [1.82, 2.24) is 15.5 Å². The van der Waals surface area contributed by atoms with Crippen LogP contribution < -0.4 is 15.4 Å². The van der Waals surface area contributed by atoms with Crippen LogP contribution in [-0.2, 0) is 11.4 Å². The highest BCUT2D eigenvalue weighted by molar-refractivity contribution is 5.92. The molecule has 2 atom stereocenters.